The Labute approximate surface area is 141 Å². The van der Waals surface area contributed by atoms with Gasteiger partial charge in [0.15, 0.2) is 5.43 Å². The summed E-state index contributed by atoms with van der Waals surface area (Å²) in [5.74, 6) is 0.740. The lowest BCUT2D eigenvalue weighted by molar-refractivity contribution is 0.443. The molecule has 4 heteroatoms. The second kappa shape index (κ2) is 6.27. The molecule has 2 aromatic heterocycles. The van der Waals surface area contributed by atoms with Crippen LogP contribution in [-0.4, -0.2) is 14.3 Å². The molecule has 124 valence electrons. The van der Waals surface area contributed by atoms with E-state index in [2.05, 4.69) is 33.9 Å². The van der Waals surface area contributed by atoms with Crippen molar-refractivity contribution in [3.8, 4) is 0 Å². The highest BCUT2D eigenvalue weighted by molar-refractivity contribution is 5.74. The van der Waals surface area contributed by atoms with Gasteiger partial charge >= 0.3 is 0 Å². The fourth-order valence-corrected chi connectivity index (χ4v) is 3.92. The third-order valence-corrected chi connectivity index (χ3v) is 5.26. The molecule has 2 heterocycles. The Morgan fingerprint density at radius 1 is 1.08 bits per heavy atom. The van der Waals surface area contributed by atoms with Gasteiger partial charge in [0.2, 0.25) is 0 Å². The molecule has 0 radical (unpaired) electrons. The van der Waals surface area contributed by atoms with Crippen molar-refractivity contribution in [2.24, 2.45) is 7.05 Å². The van der Waals surface area contributed by atoms with Gasteiger partial charge in [-0.15, -0.1) is 0 Å². The molecule has 24 heavy (non-hydrogen) atoms. The number of fused-ring (bicyclic) bond motifs is 1. The molecule has 0 saturated heterocycles. The standard InChI is InChI=1S/C20H23N3O/c1-22-20-18(13-21-22)19(24)11-12-23(20)14-15-7-9-17(10-8-15)16-5-3-2-4-6-16/h7-13,16H,2-6,14H2,1H3. The average Bonchev–Trinajstić information content (AvgIpc) is 3.02. The van der Waals surface area contributed by atoms with Gasteiger partial charge < -0.3 is 4.57 Å². The second-order valence-electron chi connectivity index (χ2n) is 6.89. The largest absolute Gasteiger partial charge is 0.328 e. The van der Waals surface area contributed by atoms with Gasteiger partial charge in [0, 0.05) is 25.9 Å². The zero-order chi connectivity index (χ0) is 16.5. The van der Waals surface area contributed by atoms with Crippen LogP contribution in [-0.2, 0) is 13.6 Å². The molecular weight excluding hydrogens is 298 g/mol. The summed E-state index contributed by atoms with van der Waals surface area (Å²) in [6, 6.07) is 10.7. The molecule has 1 aliphatic rings. The van der Waals surface area contributed by atoms with E-state index in [1.807, 2.05) is 13.2 Å². The lowest BCUT2D eigenvalue weighted by Gasteiger charge is -2.22. The van der Waals surface area contributed by atoms with Crippen molar-refractivity contribution in [3.05, 3.63) is 64.1 Å². The molecule has 1 aromatic carbocycles. The topological polar surface area (TPSA) is 39.8 Å². The van der Waals surface area contributed by atoms with Crippen LogP contribution in [0.25, 0.3) is 11.0 Å². The summed E-state index contributed by atoms with van der Waals surface area (Å²) in [5.41, 5.74) is 3.63. The highest BCUT2D eigenvalue weighted by Crippen LogP contribution is 2.32. The molecule has 3 aromatic rings. The summed E-state index contributed by atoms with van der Waals surface area (Å²) in [5, 5.41) is 4.91. The molecule has 1 saturated carbocycles. The predicted molar refractivity (Wildman–Crippen MR) is 96.3 cm³/mol. The molecule has 4 rings (SSSR count). The zero-order valence-corrected chi connectivity index (χ0v) is 14.1. The van der Waals surface area contributed by atoms with Crippen molar-refractivity contribution >= 4 is 11.0 Å². The van der Waals surface area contributed by atoms with Gasteiger partial charge in [0.25, 0.3) is 0 Å². The van der Waals surface area contributed by atoms with Crippen LogP contribution in [0.2, 0.25) is 0 Å². The number of benzene rings is 1. The summed E-state index contributed by atoms with van der Waals surface area (Å²) in [7, 11) is 1.88. The molecule has 0 atom stereocenters. The van der Waals surface area contributed by atoms with Gasteiger partial charge in [-0.2, -0.15) is 5.10 Å². The van der Waals surface area contributed by atoms with Gasteiger partial charge in [-0.25, -0.2) is 0 Å². The molecular formula is C20H23N3O. The first-order valence-corrected chi connectivity index (χ1v) is 8.82. The van der Waals surface area contributed by atoms with Gasteiger partial charge in [-0.3, -0.25) is 9.48 Å². The van der Waals surface area contributed by atoms with Crippen LogP contribution in [0.1, 0.15) is 49.1 Å². The first-order chi connectivity index (χ1) is 11.7. The Hall–Kier alpha value is -2.36. The quantitative estimate of drug-likeness (QED) is 0.735. The van der Waals surface area contributed by atoms with E-state index in [9.17, 15) is 4.79 Å². The first-order valence-electron chi connectivity index (χ1n) is 8.82. The SMILES string of the molecule is Cn1ncc2c(=O)ccn(Cc3ccc(C4CCCCC4)cc3)c21. The molecule has 1 fully saturated rings. The lowest BCUT2D eigenvalue weighted by Crippen LogP contribution is -2.10. The van der Waals surface area contributed by atoms with Crippen LogP contribution in [0, 0.1) is 0 Å². The minimum atomic E-state index is 0.0296. The maximum atomic E-state index is 11.9. The Bertz CT molecular complexity index is 899. The van der Waals surface area contributed by atoms with Crippen LogP contribution in [0.15, 0.2) is 47.5 Å². The zero-order valence-electron chi connectivity index (χ0n) is 14.1. The van der Waals surface area contributed by atoms with Gasteiger partial charge in [0.05, 0.1) is 11.6 Å². The van der Waals surface area contributed by atoms with E-state index in [1.165, 1.54) is 43.2 Å². The van der Waals surface area contributed by atoms with E-state index in [-0.39, 0.29) is 5.43 Å². The normalized spacial score (nSPS) is 15.9. The summed E-state index contributed by atoms with van der Waals surface area (Å²) in [4.78, 5) is 11.9. The van der Waals surface area contributed by atoms with Crippen molar-refractivity contribution in [2.45, 2.75) is 44.6 Å². The van der Waals surface area contributed by atoms with Crippen molar-refractivity contribution in [1.82, 2.24) is 14.3 Å². The average molecular weight is 321 g/mol. The second-order valence-corrected chi connectivity index (χ2v) is 6.89. The van der Waals surface area contributed by atoms with Crippen LogP contribution in [0.5, 0.6) is 0 Å². The van der Waals surface area contributed by atoms with Crippen LogP contribution in [0.4, 0.5) is 0 Å². The molecule has 0 bridgehead atoms. The van der Waals surface area contributed by atoms with Crippen LogP contribution >= 0.6 is 0 Å². The Morgan fingerprint density at radius 2 is 1.83 bits per heavy atom. The molecule has 0 aliphatic heterocycles. The maximum Gasteiger partial charge on any atom is 0.192 e. The van der Waals surface area contributed by atoms with Crippen molar-refractivity contribution in [2.75, 3.05) is 0 Å². The van der Waals surface area contributed by atoms with Crippen LogP contribution < -0.4 is 5.43 Å². The first kappa shape index (κ1) is 15.2. The third kappa shape index (κ3) is 2.77. The van der Waals surface area contributed by atoms with Crippen LogP contribution in [0.3, 0.4) is 0 Å². The molecule has 1 aliphatic carbocycles. The summed E-state index contributed by atoms with van der Waals surface area (Å²) >= 11 is 0. The van der Waals surface area contributed by atoms with E-state index in [4.69, 9.17) is 0 Å². The van der Waals surface area contributed by atoms with Gasteiger partial charge in [-0.1, -0.05) is 43.5 Å². The minimum Gasteiger partial charge on any atom is -0.328 e. The number of pyridine rings is 1. The number of hydrogen-bond donors (Lipinski definition) is 0. The molecule has 0 amide bonds. The molecule has 0 unspecified atom stereocenters. The smallest absolute Gasteiger partial charge is 0.192 e. The molecule has 4 nitrogen and oxygen atoms in total. The molecule has 0 spiro atoms. The van der Waals surface area contributed by atoms with E-state index >= 15 is 0 Å². The number of hydrogen-bond acceptors (Lipinski definition) is 2. The van der Waals surface area contributed by atoms with Crippen molar-refractivity contribution in [3.63, 3.8) is 0 Å². The van der Waals surface area contributed by atoms with Gasteiger partial charge in [0.1, 0.15) is 5.65 Å². The number of rotatable bonds is 3. The Balaban J connectivity index is 1.61. The van der Waals surface area contributed by atoms with Crippen molar-refractivity contribution in [1.29, 1.82) is 0 Å². The maximum absolute atomic E-state index is 11.9. The predicted octanol–water partition coefficient (Wildman–Crippen LogP) is 3.83. The fourth-order valence-electron chi connectivity index (χ4n) is 3.92. The number of nitrogens with zero attached hydrogens (tertiary/aromatic N) is 3. The fraction of sp³-hybridized carbons (Fsp3) is 0.400. The number of aryl methyl sites for hydroxylation is 1. The lowest BCUT2D eigenvalue weighted by atomic mass is 9.84. The van der Waals surface area contributed by atoms with E-state index in [1.54, 1.807) is 16.9 Å². The highest BCUT2D eigenvalue weighted by atomic mass is 16.1. The number of aromatic nitrogens is 3. The summed E-state index contributed by atoms with van der Waals surface area (Å²) in [6.45, 7) is 0.751. The highest BCUT2D eigenvalue weighted by Gasteiger charge is 2.15. The minimum absolute atomic E-state index is 0.0296. The van der Waals surface area contributed by atoms with E-state index < -0.39 is 0 Å². The Morgan fingerprint density at radius 3 is 2.58 bits per heavy atom. The van der Waals surface area contributed by atoms with E-state index in [0.29, 0.717) is 5.39 Å². The summed E-state index contributed by atoms with van der Waals surface area (Å²) in [6.07, 6.45) is 10.3. The third-order valence-electron chi connectivity index (χ3n) is 5.26. The monoisotopic (exact) mass is 321 g/mol. The van der Waals surface area contributed by atoms with E-state index in [0.717, 1.165) is 18.1 Å². The van der Waals surface area contributed by atoms with Gasteiger partial charge in [-0.05, 0) is 29.9 Å². The summed E-state index contributed by atoms with van der Waals surface area (Å²) < 4.78 is 3.87. The molecule has 0 N–H and O–H groups in total. The van der Waals surface area contributed by atoms with Crippen molar-refractivity contribution < 1.29 is 0 Å². The Kier molecular flexibility index (Phi) is 3.97.